The molecular formula is C12H13ClN2O2. The molecule has 0 aromatic heterocycles. The zero-order chi connectivity index (χ0) is 12.1. The second-order valence-electron chi connectivity index (χ2n) is 3.79. The van der Waals surface area contributed by atoms with Crippen molar-refractivity contribution in [1.82, 2.24) is 0 Å². The van der Waals surface area contributed by atoms with Crippen molar-refractivity contribution in [2.45, 2.75) is 12.5 Å². The van der Waals surface area contributed by atoms with E-state index < -0.39 is 0 Å². The topological polar surface area (TPSA) is 54.3 Å². The number of hydrogen-bond donors (Lipinski definition) is 1. The smallest absolute Gasteiger partial charge is 0.147 e. The van der Waals surface area contributed by atoms with Gasteiger partial charge >= 0.3 is 0 Å². The van der Waals surface area contributed by atoms with E-state index >= 15 is 0 Å². The molecule has 1 atom stereocenters. The summed E-state index contributed by atoms with van der Waals surface area (Å²) in [6.07, 6.45) is 0.994. The summed E-state index contributed by atoms with van der Waals surface area (Å²) in [5.41, 5.74) is 1.35. The number of ether oxygens (including phenoxy) is 2. The molecule has 1 N–H and O–H groups in total. The molecule has 1 aromatic rings. The second kappa shape index (κ2) is 5.87. The Morgan fingerprint density at radius 3 is 3.12 bits per heavy atom. The Balaban J connectivity index is 1.95. The van der Waals surface area contributed by atoms with Gasteiger partial charge in [0.2, 0.25) is 0 Å². The monoisotopic (exact) mass is 252 g/mol. The fraction of sp³-hybridized carbons (Fsp3) is 0.417. The van der Waals surface area contributed by atoms with Crippen molar-refractivity contribution in [2.75, 3.05) is 25.3 Å². The summed E-state index contributed by atoms with van der Waals surface area (Å²) < 4.78 is 10.5. The van der Waals surface area contributed by atoms with Gasteiger partial charge in [-0.1, -0.05) is 11.6 Å². The van der Waals surface area contributed by atoms with Gasteiger partial charge in [-0.05, 0) is 24.6 Å². The molecule has 0 aliphatic carbocycles. The van der Waals surface area contributed by atoms with Gasteiger partial charge in [0.05, 0.1) is 35.1 Å². The number of halogens is 1. The maximum atomic E-state index is 8.81. The van der Waals surface area contributed by atoms with Crippen LogP contribution in [0, 0.1) is 11.3 Å². The van der Waals surface area contributed by atoms with Crippen LogP contribution < -0.4 is 5.32 Å². The summed E-state index contributed by atoms with van der Waals surface area (Å²) >= 11 is 6.03. The van der Waals surface area contributed by atoms with E-state index in [1.165, 1.54) is 0 Å². The third-order valence-corrected chi connectivity index (χ3v) is 2.92. The summed E-state index contributed by atoms with van der Waals surface area (Å²) in [5.74, 6) is 0. The minimum atomic E-state index is 0.130. The Hall–Kier alpha value is -1.28. The van der Waals surface area contributed by atoms with Crippen molar-refractivity contribution in [1.29, 1.82) is 5.26 Å². The average Bonchev–Trinajstić information content (AvgIpc) is 2.39. The van der Waals surface area contributed by atoms with Crippen LogP contribution in [0.1, 0.15) is 12.0 Å². The summed E-state index contributed by atoms with van der Waals surface area (Å²) in [4.78, 5) is 0. The Labute approximate surface area is 105 Å². The van der Waals surface area contributed by atoms with Gasteiger partial charge in [-0.25, -0.2) is 0 Å². The van der Waals surface area contributed by atoms with Crippen LogP contribution in [0.4, 0.5) is 5.69 Å². The Bertz CT molecular complexity index is 425. The third-order valence-electron chi connectivity index (χ3n) is 2.59. The molecule has 1 unspecified atom stereocenters. The zero-order valence-electron chi connectivity index (χ0n) is 9.28. The van der Waals surface area contributed by atoms with Crippen molar-refractivity contribution in [2.24, 2.45) is 0 Å². The van der Waals surface area contributed by atoms with E-state index in [0.29, 0.717) is 23.9 Å². The highest BCUT2D eigenvalue weighted by Gasteiger charge is 2.14. The lowest BCUT2D eigenvalue weighted by molar-refractivity contribution is -0.133. The summed E-state index contributed by atoms with van der Waals surface area (Å²) in [6, 6.07) is 7.23. The predicted octanol–water partition coefficient (Wildman–Crippen LogP) is 2.39. The minimum absolute atomic E-state index is 0.130. The molecular weight excluding hydrogens is 240 g/mol. The van der Waals surface area contributed by atoms with Gasteiger partial charge in [0.15, 0.2) is 0 Å². The van der Waals surface area contributed by atoms with Crippen molar-refractivity contribution < 1.29 is 9.47 Å². The maximum absolute atomic E-state index is 8.81. The summed E-state index contributed by atoms with van der Waals surface area (Å²) in [5, 5.41) is 12.6. The van der Waals surface area contributed by atoms with Crippen molar-refractivity contribution >= 4 is 17.3 Å². The maximum Gasteiger partial charge on any atom is 0.147 e. The highest BCUT2D eigenvalue weighted by molar-refractivity contribution is 6.33. The molecule has 0 bridgehead atoms. The van der Waals surface area contributed by atoms with Gasteiger partial charge in [0, 0.05) is 6.54 Å². The number of nitrogens with one attached hydrogen (secondary N) is 1. The molecule has 1 saturated heterocycles. The molecule has 4 nitrogen and oxygen atoms in total. The average molecular weight is 253 g/mol. The standard InChI is InChI=1S/C12H13ClN2O2/c13-11-2-1-9(6-14)5-12(11)15-7-10-3-4-16-8-17-10/h1-2,5,10,15H,3-4,7-8H2. The summed E-state index contributed by atoms with van der Waals surface area (Å²) in [6.45, 7) is 1.73. The van der Waals surface area contributed by atoms with Crippen LogP contribution in [0.5, 0.6) is 0 Å². The summed E-state index contributed by atoms with van der Waals surface area (Å²) in [7, 11) is 0. The molecule has 17 heavy (non-hydrogen) atoms. The molecule has 0 radical (unpaired) electrons. The first-order valence-electron chi connectivity index (χ1n) is 5.42. The van der Waals surface area contributed by atoms with E-state index in [0.717, 1.165) is 18.7 Å². The molecule has 1 heterocycles. The van der Waals surface area contributed by atoms with Gasteiger partial charge in [0.25, 0.3) is 0 Å². The minimum Gasteiger partial charge on any atom is -0.381 e. The number of benzene rings is 1. The van der Waals surface area contributed by atoms with E-state index in [-0.39, 0.29) is 6.10 Å². The van der Waals surface area contributed by atoms with Crippen LogP contribution in [0.25, 0.3) is 0 Å². The number of nitrogens with zero attached hydrogens (tertiary/aromatic N) is 1. The first-order chi connectivity index (χ1) is 8.29. The van der Waals surface area contributed by atoms with E-state index in [2.05, 4.69) is 11.4 Å². The lowest BCUT2D eigenvalue weighted by Gasteiger charge is -2.23. The Kier molecular flexibility index (Phi) is 4.21. The highest BCUT2D eigenvalue weighted by atomic mass is 35.5. The van der Waals surface area contributed by atoms with Crippen molar-refractivity contribution in [3.05, 3.63) is 28.8 Å². The molecule has 2 rings (SSSR count). The van der Waals surface area contributed by atoms with Gasteiger partial charge in [-0.15, -0.1) is 0 Å². The first kappa shape index (κ1) is 12.2. The van der Waals surface area contributed by atoms with Gasteiger partial charge in [0.1, 0.15) is 6.79 Å². The molecule has 0 saturated carbocycles. The van der Waals surface area contributed by atoms with Crippen LogP contribution in [0.2, 0.25) is 5.02 Å². The molecule has 0 spiro atoms. The number of rotatable bonds is 3. The van der Waals surface area contributed by atoms with E-state index in [4.69, 9.17) is 26.3 Å². The fourth-order valence-electron chi connectivity index (χ4n) is 1.62. The fourth-order valence-corrected chi connectivity index (χ4v) is 1.80. The van der Waals surface area contributed by atoms with Crippen molar-refractivity contribution in [3.8, 4) is 6.07 Å². The normalized spacial score (nSPS) is 19.6. The third kappa shape index (κ3) is 3.34. The Morgan fingerprint density at radius 1 is 1.53 bits per heavy atom. The quantitative estimate of drug-likeness (QED) is 0.898. The molecule has 1 aliphatic rings. The molecule has 5 heteroatoms. The van der Waals surface area contributed by atoms with E-state index in [9.17, 15) is 0 Å². The molecule has 0 amide bonds. The molecule has 1 aromatic carbocycles. The lowest BCUT2D eigenvalue weighted by atomic mass is 10.2. The van der Waals surface area contributed by atoms with Gasteiger partial charge in [-0.3, -0.25) is 0 Å². The molecule has 1 aliphatic heterocycles. The number of anilines is 1. The van der Waals surface area contributed by atoms with Gasteiger partial charge in [-0.2, -0.15) is 5.26 Å². The first-order valence-corrected chi connectivity index (χ1v) is 5.80. The van der Waals surface area contributed by atoms with Crippen LogP contribution in [-0.2, 0) is 9.47 Å². The second-order valence-corrected chi connectivity index (χ2v) is 4.20. The van der Waals surface area contributed by atoms with Gasteiger partial charge < -0.3 is 14.8 Å². The molecule has 90 valence electrons. The Morgan fingerprint density at radius 2 is 2.41 bits per heavy atom. The van der Waals surface area contributed by atoms with Crippen LogP contribution >= 0.6 is 11.6 Å². The van der Waals surface area contributed by atoms with Crippen molar-refractivity contribution in [3.63, 3.8) is 0 Å². The van der Waals surface area contributed by atoms with Crippen LogP contribution in [0.15, 0.2) is 18.2 Å². The van der Waals surface area contributed by atoms with E-state index in [1.54, 1.807) is 18.2 Å². The largest absolute Gasteiger partial charge is 0.381 e. The predicted molar refractivity (Wildman–Crippen MR) is 65.0 cm³/mol. The van der Waals surface area contributed by atoms with Crippen LogP contribution in [-0.4, -0.2) is 26.0 Å². The van der Waals surface area contributed by atoms with E-state index in [1.807, 2.05) is 0 Å². The number of nitriles is 1. The zero-order valence-corrected chi connectivity index (χ0v) is 10.0. The lowest BCUT2D eigenvalue weighted by Crippen LogP contribution is -2.30. The molecule has 1 fully saturated rings. The highest BCUT2D eigenvalue weighted by Crippen LogP contribution is 2.23. The number of hydrogen-bond acceptors (Lipinski definition) is 4. The van der Waals surface area contributed by atoms with Crippen LogP contribution in [0.3, 0.4) is 0 Å². The SMILES string of the molecule is N#Cc1ccc(Cl)c(NCC2CCOCO2)c1.